The number of nitrogens with one attached hydrogen (secondary N) is 2. The van der Waals surface area contributed by atoms with Gasteiger partial charge in [0.05, 0.1) is 24.5 Å². The van der Waals surface area contributed by atoms with Gasteiger partial charge in [0.25, 0.3) is 6.54 Å². The maximum Gasteiger partial charge on any atom is 0.303 e. The molecule has 0 spiro atoms. The Morgan fingerprint density at radius 1 is 1.48 bits per heavy atom. The third-order valence-electron chi connectivity index (χ3n) is 4.34. The maximum absolute atomic E-state index is 13.8. The van der Waals surface area contributed by atoms with Gasteiger partial charge in [0.15, 0.2) is 0 Å². The molecule has 1 amide bonds. The molecule has 9 nitrogen and oxygen atoms in total. The van der Waals surface area contributed by atoms with E-state index in [1.165, 1.54) is 4.90 Å². The molecule has 0 aliphatic carbocycles. The predicted octanol–water partition coefficient (Wildman–Crippen LogP) is 1.53. The van der Waals surface area contributed by atoms with Crippen LogP contribution in [0.4, 0.5) is 21.8 Å². The van der Waals surface area contributed by atoms with Gasteiger partial charge in [-0.05, 0) is 6.92 Å². The monoisotopic (exact) mass is 372 g/mol. The third kappa shape index (κ3) is 4.49. The summed E-state index contributed by atoms with van der Waals surface area (Å²) >= 11 is 0. The fourth-order valence-electron chi connectivity index (χ4n) is 3.03. The second-order valence-electron chi connectivity index (χ2n) is 6.48. The summed E-state index contributed by atoms with van der Waals surface area (Å²) in [5, 5.41) is 10.3. The van der Waals surface area contributed by atoms with Gasteiger partial charge in [-0.15, -0.1) is 0 Å². The fourth-order valence-corrected chi connectivity index (χ4v) is 3.03. The number of rotatable bonds is 6. The Hall–Kier alpha value is -3.22. The van der Waals surface area contributed by atoms with Crippen LogP contribution in [0, 0.1) is 13.5 Å². The largest absolute Gasteiger partial charge is 0.368 e. The van der Waals surface area contributed by atoms with Crippen LogP contribution in [0.2, 0.25) is 0 Å². The van der Waals surface area contributed by atoms with E-state index >= 15 is 0 Å². The molecule has 0 saturated carbocycles. The Morgan fingerprint density at radius 2 is 2.30 bits per heavy atom. The number of hydrogen-bond acceptors (Lipinski definition) is 6. The zero-order chi connectivity index (χ0) is 19.4. The highest BCUT2D eigenvalue weighted by molar-refractivity contribution is 5.80. The molecule has 1 aliphatic heterocycles. The highest BCUT2D eigenvalue weighted by Gasteiger charge is 2.36. The Kier molecular flexibility index (Phi) is 5.49. The molecule has 1 aliphatic rings. The van der Waals surface area contributed by atoms with Crippen LogP contribution in [0.25, 0.3) is 4.85 Å². The second-order valence-corrected chi connectivity index (χ2v) is 6.48. The Labute approximate surface area is 156 Å². The van der Waals surface area contributed by atoms with Crippen molar-refractivity contribution in [3.05, 3.63) is 35.6 Å². The fraction of sp³-hybridized carbons (Fsp3) is 0.471. The number of likely N-dealkylation sites (tertiary alicyclic amines) is 1. The van der Waals surface area contributed by atoms with Crippen LogP contribution in [-0.4, -0.2) is 62.4 Å². The van der Waals surface area contributed by atoms with Crippen molar-refractivity contribution in [1.82, 2.24) is 24.6 Å². The van der Waals surface area contributed by atoms with E-state index < -0.39 is 6.17 Å². The summed E-state index contributed by atoms with van der Waals surface area (Å²) in [5.41, 5.74) is 1.60. The van der Waals surface area contributed by atoms with Gasteiger partial charge >= 0.3 is 5.91 Å². The van der Waals surface area contributed by atoms with Gasteiger partial charge in [-0.1, -0.05) is 0 Å². The normalized spacial score (nSPS) is 19.0. The predicted molar refractivity (Wildman–Crippen MR) is 98.2 cm³/mol. The van der Waals surface area contributed by atoms with Crippen LogP contribution < -0.4 is 10.6 Å². The number of alkyl halides is 1. The van der Waals surface area contributed by atoms with E-state index in [-0.39, 0.29) is 31.5 Å². The standard InChI is InChI=1S/C17H21FN8O/c1-11-5-21-17(23-13-6-22-25(3)10-13)24-16(11)20-7-14-4-12(18)9-26(14)15(27)8-19-2/h5-6,10,12,14H,4,7-9H2,1,3H3,(H2,20,21,23,24)/t12-,14-/m0/s1. The van der Waals surface area contributed by atoms with Crippen molar-refractivity contribution in [1.29, 1.82) is 0 Å². The summed E-state index contributed by atoms with van der Waals surface area (Å²) < 4.78 is 15.5. The van der Waals surface area contributed by atoms with Crippen LogP contribution >= 0.6 is 0 Å². The second kappa shape index (κ2) is 7.99. The molecule has 0 unspecified atom stereocenters. The first-order chi connectivity index (χ1) is 13.0. The zero-order valence-electron chi connectivity index (χ0n) is 15.2. The third-order valence-corrected chi connectivity index (χ3v) is 4.34. The molecule has 10 heteroatoms. The molecule has 0 aromatic carbocycles. The quantitative estimate of drug-likeness (QED) is 0.747. The number of carbonyl (C=O) groups is 1. The lowest BCUT2D eigenvalue weighted by molar-refractivity contribution is -0.129. The van der Waals surface area contributed by atoms with Gasteiger partial charge in [0.1, 0.15) is 12.0 Å². The molecule has 1 fully saturated rings. The topological polar surface area (TPSA) is 92.3 Å². The molecule has 2 N–H and O–H groups in total. The van der Waals surface area contributed by atoms with Crippen molar-refractivity contribution >= 4 is 23.4 Å². The molecule has 0 radical (unpaired) electrons. The van der Waals surface area contributed by atoms with E-state index in [4.69, 9.17) is 6.57 Å². The molecule has 3 rings (SSSR count). The molecule has 27 heavy (non-hydrogen) atoms. The van der Waals surface area contributed by atoms with Gasteiger partial charge in [0.2, 0.25) is 5.95 Å². The first-order valence-electron chi connectivity index (χ1n) is 8.56. The van der Waals surface area contributed by atoms with Gasteiger partial charge in [-0.2, -0.15) is 10.1 Å². The lowest BCUT2D eigenvalue weighted by atomic mass is 10.2. The van der Waals surface area contributed by atoms with Gasteiger partial charge in [-0.3, -0.25) is 9.48 Å². The average Bonchev–Trinajstić information content (AvgIpc) is 3.21. The molecule has 2 atom stereocenters. The van der Waals surface area contributed by atoms with Crippen molar-refractivity contribution in [2.24, 2.45) is 7.05 Å². The summed E-state index contributed by atoms with van der Waals surface area (Å²) in [6.45, 7) is 8.84. The van der Waals surface area contributed by atoms with Crippen LogP contribution in [0.1, 0.15) is 12.0 Å². The van der Waals surface area contributed by atoms with E-state index in [0.29, 0.717) is 18.3 Å². The summed E-state index contributed by atoms with van der Waals surface area (Å²) in [7, 11) is 1.81. The minimum Gasteiger partial charge on any atom is -0.368 e. The number of hydrogen-bond donors (Lipinski definition) is 2. The summed E-state index contributed by atoms with van der Waals surface area (Å²) in [5.74, 6) is 0.679. The highest BCUT2D eigenvalue weighted by atomic mass is 19.1. The number of aromatic nitrogens is 4. The average molecular weight is 372 g/mol. The zero-order valence-corrected chi connectivity index (χ0v) is 15.2. The minimum absolute atomic E-state index is 0.0390. The van der Waals surface area contributed by atoms with E-state index in [1.807, 2.05) is 14.0 Å². The van der Waals surface area contributed by atoms with E-state index in [9.17, 15) is 9.18 Å². The van der Waals surface area contributed by atoms with Crippen molar-refractivity contribution in [2.45, 2.75) is 25.6 Å². The number of halogens is 1. The van der Waals surface area contributed by atoms with E-state index in [0.717, 1.165) is 11.3 Å². The number of nitrogens with zero attached hydrogens (tertiary/aromatic N) is 6. The molecule has 2 aromatic rings. The van der Waals surface area contributed by atoms with Crippen molar-refractivity contribution in [3.8, 4) is 0 Å². The molecular formula is C17H21FN8O. The van der Waals surface area contributed by atoms with Crippen molar-refractivity contribution in [2.75, 3.05) is 30.3 Å². The lowest BCUT2D eigenvalue weighted by Crippen LogP contribution is -2.40. The number of amides is 1. The summed E-state index contributed by atoms with van der Waals surface area (Å²) in [4.78, 5) is 25.3. The van der Waals surface area contributed by atoms with Crippen molar-refractivity contribution in [3.63, 3.8) is 0 Å². The number of carbonyl (C=O) groups excluding carboxylic acids is 1. The Balaban J connectivity index is 1.67. The van der Waals surface area contributed by atoms with E-state index in [1.54, 1.807) is 23.3 Å². The summed E-state index contributed by atoms with van der Waals surface area (Å²) in [6, 6.07) is -0.307. The van der Waals surface area contributed by atoms with Crippen molar-refractivity contribution < 1.29 is 9.18 Å². The highest BCUT2D eigenvalue weighted by Crippen LogP contribution is 2.22. The molecule has 1 saturated heterocycles. The number of anilines is 3. The lowest BCUT2D eigenvalue weighted by Gasteiger charge is -2.23. The number of aryl methyl sites for hydroxylation is 2. The van der Waals surface area contributed by atoms with Crippen LogP contribution in [-0.2, 0) is 11.8 Å². The van der Waals surface area contributed by atoms with Crippen LogP contribution in [0.3, 0.4) is 0 Å². The molecule has 0 bridgehead atoms. The van der Waals surface area contributed by atoms with Crippen LogP contribution in [0.5, 0.6) is 0 Å². The van der Waals surface area contributed by atoms with Crippen LogP contribution in [0.15, 0.2) is 18.6 Å². The Morgan fingerprint density at radius 3 is 3.00 bits per heavy atom. The van der Waals surface area contributed by atoms with Gasteiger partial charge in [0, 0.05) is 38.0 Å². The molecular weight excluding hydrogens is 351 g/mol. The smallest absolute Gasteiger partial charge is 0.303 e. The summed E-state index contributed by atoms with van der Waals surface area (Å²) in [6.07, 6.45) is 4.33. The van der Waals surface area contributed by atoms with Gasteiger partial charge < -0.3 is 20.4 Å². The first kappa shape index (κ1) is 18.6. The Bertz CT molecular complexity index is 861. The minimum atomic E-state index is -1.07. The van der Waals surface area contributed by atoms with Gasteiger partial charge in [-0.25, -0.2) is 15.9 Å². The molecule has 3 heterocycles. The molecule has 142 valence electrons. The maximum atomic E-state index is 13.8. The SMILES string of the molecule is [C-]#[N+]CC(=O)N1C[C@@H](F)C[C@H]1CNc1nc(Nc2cnn(C)c2)ncc1C. The molecule has 2 aromatic heterocycles. The first-order valence-corrected chi connectivity index (χ1v) is 8.56. The van der Waals surface area contributed by atoms with E-state index in [2.05, 4.69) is 30.5 Å².